The number of carbonyl (C=O) groups is 1. The molecule has 0 unspecified atom stereocenters. The first-order chi connectivity index (χ1) is 11.4. The summed E-state index contributed by atoms with van der Waals surface area (Å²) in [4.78, 5) is 11.8. The van der Waals surface area contributed by atoms with Crippen LogP contribution in [0.4, 0.5) is 0 Å². The van der Waals surface area contributed by atoms with E-state index in [0.29, 0.717) is 17.0 Å². The molecule has 0 atom stereocenters. The molecule has 3 N–H and O–H groups in total. The summed E-state index contributed by atoms with van der Waals surface area (Å²) in [6.07, 6.45) is 0. The number of nitrogens with one attached hydrogen (secondary N) is 1. The Bertz CT molecular complexity index is 790. The summed E-state index contributed by atoms with van der Waals surface area (Å²) in [5.74, 6) is -0.0387. The molecule has 0 fully saturated rings. The monoisotopic (exact) mass is 392 g/mol. The molecule has 0 spiro atoms. The van der Waals surface area contributed by atoms with Crippen molar-refractivity contribution in [2.24, 2.45) is 5.10 Å². The molecule has 7 heteroatoms. The summed E-state index contributed by atoms with van der Waals surface area (Å²) in [5, 5.41) is 22.9. The number of phenolic OH excluding ortho intramolecular Hbond substituents is 2. The lowest BCUT2D eigenvalue weighted by atomic mass is 10.1. The number of benzene rings is 2. The number of amides is 1. The first kappa shape index (κ1) is 17.8. The minimum Gasteiger partial charge on any atom is -0.508 e. The van der Waals surface area contributed by atoms with Crippen molar-refractivity contribution >= 4 is 27.5 Å². The van der Waals surface area contributed by atoms with Gasteiger partial charge in [-0.3, -0.25) is 4.79 Å². The Labute approximate surface area is 147 Å². The van der Waals surface area contributed by atoms with Crippen LogP contribution in [0.2, 0.25) is 0 Å². The average molecular weight is 393 g/mol. The van der Waals surface area contributed by atoms with E-state index in [1.807, 2.05) is 19.1 Å². The maximum absolute atomic E-state index is 11.8. The first-order valence-electron chi connectivity index (χ1n) is 7.11. The van der Waals surface area contributed by atoms with E-state index in [1.165, 1.54) is 18.2 Å². The Hall–Kier alpha value is -2.54. The average Bonchev–Trinajstić information content (AvgIpc) is 2.51. The van der Waals surface area contributed by atoms with Gasteiger partial charge in [0.05, 0.1) is 10.2 Å². The zero-order valence-electron chi connectivity index (χ0n) is 13.2. The number of halogens is 1. The van der Waals surface area contributed by atoms with E-state index in [0.717, 1.165) is 10.0 Å². The van der Waals surface area contributed by atoms with E-state index < -0.39 is 5.91 Å². The van der Waals surface area contributed by atoms with Gasteiger partial charge in [0.1, 0.15) is 17.2 Å². The number of phenols is 2. The van der Waals surface area contributed by atoms with Crippen molar-refractivity contribution < 1.29 is 19.7 Å². The molecule has 0 aromatic heterocycles. The van der Waals surface area contributed by atoms with Crippen molar-refractivity contribution in [3.63, 3.8) is 0 Å². The van der Waals surface area contributed by atoms with Gasteiger partial charge in [-0.05, 0) is 59.6 Å². The maximum Gasteiger partial charge on any atom is 0.277 e. The van der Waals surface area contributed by atoms with E-state index >= 15 is 0 Å². The SMILES string of the molecule is C/C(=N\NC(=O)COc1ccc(C)cc1Br)c1ccc(O)cc1O. The summed E-state index contributed by atoms with van der Waals surface area (Å²) in [7, 11) is 0. The highest BCUT2D eigenvalue weighted by atomic mass is 79.9. The van der Waals surface area contributed by atoms with E-state index in [2.05, 4.69) is 26.5 Å². The summed E-state index contributed by atoms with van der Waals surface area (Å²) >= 11 is 3.37. The summed E-state index contributed by atoms with van der Waals surface area (Å²) in [6.45, 7) is 3.39. The summed E-state index contributed by atoms with van der Waals surface area (Å²) in [6, 6.07) is 9.68. The largest absolute Gasteiger partial charge is 0.508 e. The molecule has 0 radical (unpaired) electrons. The molecule has 0 saturated carbocycles. The van der Waals surface area contributed by atoms with Crippen LogP contribution in [-0.2, 0) is 4.79 Å². The van der Waals surface area contributed by atoms with Crippen molar-refractivity contribution in [2.75, 3.05) is 6.61 Å². The number of ether oxygens (including phenoxy) is 1. The lowest BCUT2D eigenvalue weighted by Crippen LogP contribution is -2.25. The number of hydrogen-bond donors (Lipinski definition) is 3. The summed E-state index contributed by atoms with van der Waals surface area (Å²) in [5.41, 5.74) is 4.25. The second-order valence-electron chi connectivity index (χ2n) is 5.16. The fourth-order valence-electron chi connectivity index (χ4n) is 1.93. The molecule has 2 aromatic carbocycles. The fraction of sp³-hybridized carbons (Fsp3) is 0.176. The van der Waals surface area contributed by atoms with Gasteiger partial charge in [-0.25, -0.2) is 5.43 Å². The molecule has 6 nitrogen and oxygen atoms in total. The number of rotatable bonds is 5. The second-order valence-corrected chi connectivity index (χ2v) is 6.01. The zero-order valence-corrected chi connectivity index (χ0v) is 14.8. The van der Waals surface area contributed by atoms with Gasteiger partial charge in [-0.15, -0.1) is 0 Å². The number of aryl methyl sites for hydroxylation is 1. The van der Waals surface area contributed by atoms with Crippen LogP contribution in [0, 0.1) is 6.92 Å². The van der Waals surface area contributed by atoms with Crippen LogP contribution in [0.3, 0.4) is 0 Å². The van der Waals surface area contributed by atoms with Crippen molar-refractivity contribution in [2.45, 2.75) is 13.8 Å². The number of carbonyl (C=O) groups excluding carboxylic acids is 1. The van der Waals surface area contributed by atoms with Crippen LogP contribution >= 0.6 is 15.9 Å². The van der Waals surface area contributed by atoms with E-state index in [1.54, 1.807) is 13.0 Å². The van der Waals surface area contributed by atoms with Gasteiger partial charge in [0.15, 0.2) is 6.61 Å². The van der Waals surface area contributed by atoms with E-state index in [9.17, 15) is 15.0 Å². The predicted molar refractivity (Wildman–Crippen MR) is 94.5 cm³/mol. The van der Waals surface area contributed by atoms with Gasteiger partial charge in [-0.2, -0.15) is 5.10 Å². The molecule has 2 rings (SSSR count). The predicted octanol–water partition coefficient (Wildman–Crippen LogP) is 3.09. The molecule has 126 valence electrons. The molecule has 0 aliphatic heterocycles. The highest BCUT2D eigenvalue weighted by molar-refractivity contribution is 9.10. The van der Waals surface area contributed by atoms with Gasteiger partial charge >= 0.3 is 0 Å². The van der Waals surface area contributed by atoms with Crippen LogP contribution in [0.15, 0.2) is 46.0 Å². The quantitative estimate of drug-likeness (QED) is 0.538. The van der Waals surface area contributed by atoms with Crippen LogP contribution in [0.25, 0.3) is 0 Å². The van der Waals surface area contributed by atoms with E-state index in [-0.39, 0.29) is 18.1 Å². The Balaban J connectivity index is 1.94. The number of nitrogens with zero attached hydrogens (tertiary/aromatic N) is 1. The second kappa shape index (κ2) is 7.83. The van der Waals surface area contributed by atoms with Gasteiger partial charge in [0.2, 0.25) is 0 Å². The highest BCUT2D eigenvalue weighted by Gasteiger charge is 2.08. The van der Waals surface area contributed by atoms with Gasteiger partial charge in [-0.1, -0.05) is 6.07 Å². The normalized spacial score (nSPS) is 11.2. The standard InChI is InChI=1S/C17H17BrN2O4/c1-10-3-6-16(14(18)7-10)24-9-17(23)20-19-11(2)13-5-4-12(21)8-15(13)22/h3-8,21-22H,9H2,1-2H3,(H,20,23)/b19-11+. The van der Waals surface area contributed by atoms with Crippen molar-refractivity contribution in [1.29, 1.82) is 0 Å². The Morgan fingerprint density at radius 2 is 2.00 bits per heavy atom. The lowest BCUT2D eigenvalue weighted by Gasteiger charge is -2.08. The smallest absolute Gasteiger partial charge is 0.277 e. The molecule has 0 saturated heterocycles. The van der Waals surface area contributed by atoms with Crippen LogP contribution in [0.5, 0.6) is 17.2 Å². The third-order valence-corrected chi connectivity index (χ3v) is 3.79. The topological polar surface area (TPSA) is 91.2 Å². The van der Waals surface area contributed by atoms with Crippen LogP contribution in [-0.4, -0.2) is 28.4 Å². The molecule has 2 aromatic rings. The maximum atomic E-state index is 11.8. The summed E-state index contributed by atoms with van der Waals surface area (Å²) < 4.78 is 6.19. The molecular weight excluding hydrogens is 376 g/mol. The van der Waals surface area contributed by atoms with Crippen LogP contribution in [0.1, 0.15) is 18.1 Å². The van der Waals surface area contributed by atoms with E-state index in [4.69, 9.17) is 4.74 Å². The van der Waals surface area contributed by atoms with Gasteiger partial charge < -0.3 is 14.9 Å². The Morgan fingerprint density at radius 1 is 1.25 bits per heavy atom. The number of aromatic hydroxyl groups is 2. The minimum atomic E-state index is -0.430. The number of hydrogen-bond acceptors (Lipinski definition) is 5. The minimum absolute atomic E-state index is 0.0508. The third-order valence-electron chi connectivity index (χ3n) is 3.17. The molecule has 0 aliphatic rings. The molecule has 0 heterocycles. The van der Waals surface area contributed by atoms with Gasteiger partial charge in [0, 0.05) is 11.6 Å². The molecule has 0 aliphatic carbocycles. The lowest BCUT2D eigenvalue weighted by molar-refractivity contribution is -0.123. The zero-order chi connectivity index (χ0) is 17.7. The molecular formula is C17H17BrN2O4. The molecule has 0 bridgehead atoms. The Morgan fingerprint density at radius 3 is 2.67 bits per heavy atom. The fourth-order valence-corrected chi connectivity index (χ4v) is 2.54. The first-order valence-corrected chi connectivity index (χ1v) is 7.90. The molecule has 24 heavy (non-hydrogen) atoms. The van der Waals surface area contributed by atoms with Crippen molar-refractivity contribution in [3.8, 4) is 17.2 Å². The van der Waals surface area contributed by atoms with Gasteiger partial charge in [0.25, 0.3) is 5.91 Å². The Kier molecular flexibility index (Phi) is 5.81. The number of hydrazone groups is 1. The van der Waals surface area contributed by atoms with Crippen molar-refractivity contribution in [3.05, 3.63) is 52.0 Å². The van der Waals surface area contributed by atoms with Crippen LogP contribution < -0.4 is 10.2 Å². The third kappa shape index (κ3) is 4.73. The van der Waals surface area contributed by atoms with Crippen molar-refractivity contribution in [1.82, 2.24) is 5.43 Å². The molecule has 1 amide bonds. The highest BCUT2D eigenvalue weighted by Crippen LogP contribution is 2.25.